The minimum absolute atomic E-state index is 0.0206. The monoisotopic (exact) mass is 406 g/mol. The number of nitrogens with one attached hydrogen (secondary N) is 1. The Labute approximate surface area is 166 Å². The quantitative estimate of drug-likeness (QED) is 0.664. The van der Waals surface area contributed by atoms with Crippen LogP contribution in [-0.2, 0) is 24.3 Å². The average molecular weight is 407 g/mol. The Balaban J connectivity index is 1.71. The molecular formula is C19H17Cl2FN4O. The summed E-state index contributed by atoms with van der Waals surface area (Å²) in [6, 6.07) is 11.7. The number of aryl methyl sites for hydroxylation is 1. The molecule has 1 aromatic heterocycles. The van der Waals surface area contributed by atoms with Crippen LogP contribution in [0.5, 0.6) is 0 Å². The Bertz CT molecular complexity index is 974. The highest BCUT2D eigenvalue weighted by Gasteiger charge is 2.14. The Morgan fingerprint density at radius 3 is 2.74 bits per heavy atom. The van der Waals surface area contributed by atoms with Crippen molar-refractivity contribution in [3.05, 3.63) is 69.7 Å². The first-order valence-electron chi connectivity index (χ1n) is 8.36. The van der Waals surface area contributed by atoms with Gasteiger partial charge >= 0.3 is 0 Å². The van der Waals surface area contributed by atoms with Gasteiger partial charge in [-0.15, -0.1) is 0 Å². The largest absolute Gasteiger partial charge is 0.350 e. The predicted molar refractivity (Wildman–Crippen MR) is 103 cm³/mol. The van der Waals surface area contributed by atoms with Crippen LogP contribution in [0.3, 0.4) is 0 Å². The van der Waals surface area contributed by atoms with E-state index in [0.717, 1.165) is 5.56 Å². The van der Waals surface area contributed by atoms with Gasteiger partial charge in [-0.3, -0.25) is 4.79 Å². The first kappa shape index (κ1) is 19.3. The van der Waals surface area contributed by atoms with Gasteiger partial charge in [-0.05, 0) is 35.9 Å². The number of aromatic nitrogens is 3. The highest BCUT2D eigenvalue weighted by molar-refractivity contribution is 6.31. The summed E-state index contributed by atoms with van der Waals surface area (Å²) < 4.78 is 15.2. The summed E-state index contributed by atoms with van der Waals surface area (Å²) in [6.45, 7) is 2.30. The maximum Gasteiger partial charge on any atom is 0.242 e. The second kappa shape index (κ2) is 8.50. The number of carbonyl (C=O) groups excluding carboxylic acids is 1. The molecule has 0 aliphatic rings. The number of carbonyl (C=O) groups is 1. The van der Waals surface area contributed by atoms with E-state index in [-0.39, 0.29) is 17.5 Å². The van der Waals surface area contributed by atoms with Crippen molar-refractivity contribution in [2.24, 2.45) is 0 Å². The second-order valence-electron chi connectivity index (χ2n) is 5.90. The molecule has 0 aliphatic heterocycles. The molecule has 3 rings (SSSR count). The zero-order chi connectivity index (χ0) is 19.4. The number of amides is 1. The van der Waals surface area contributed by atoms with E-state index in [1.165, 1.54) is 16.8 Å². The highest BCUT2D eigenvalue weighted by atomic mass is 35.5. The smallest absolute Gasteiger partial charge is 0.242 e. The van der Waals surface area contributed by atoms with Crippen LogP contribution in [0.15, 0.2) is 42.5 Å². The number of rotatable bonds is 6. The number of hydrogen-bond donors (Lipinski definition) is 1. The normalized spacial score (nSPS) is 10.8. The fourth-order valence-electron chi connectivity index (χ4n) is 2.56. The van der Waals surface area contributed by atoms with Crippen molar-refractivity contribution >= 4 is 29.1 Å². The van der Waals surface area contributed by atoms with Crippen molar-refractivity contribution in [1.82, 2.24) is 20.1 Å². The topological polar surface area (TPSA) is 59.8 Å². The SMILES string of the molecule is CCc1nc(-c2ccc(Cl)c(F)c2)nn1CC(=O)NCc1cccc(Cl)c1. The number of hydrogen-bond acceptors (Lipinski definition) is 3. The van der Waals surface area contributed by atoms with Gasteiger partial charge in [0.15, 0.2) is 5.82 Å². The number of benzene rings is 2. The summed E-state index contributed by atoms with van der Waals surface area (Å²) in [7, 11) is 0. The van der Waals surface area contributed by atoms with E-state index < -0.39 is 5.82 Å². The first-order valence-corrected chi connectivity index (χ1v) is 9.12. The van der Waals surface area contributed by atoms with Crippen molar-refractivity contribution < 1.29 is 9.18 Å². The Morgan fingerprint density at radius 2 is 2.04 bits per heavy atom. The van der Waals surface area contributed by atoms with Gasteiger partial charge in [0, 0.05) is 23.6 Å². The third-order valence-corrected chi connectivity index (χ3v) is 4.46. The molecule has 0 spiro atoms. The number of nitrogens with zero attached hydrogens (tertiary/aromatic N) is 3. The van der Waals surface area contributed by atoms with E-state index in [1.807, 2.05) is 19.1 Å². The second-order valence-corrected chi connectivity index (χ2v) is 6.74. The molecule has 0 unspecified atom stereocenters. The van der Waals surface area contributed by atoms with Gasteiger partial charge in [0.1, 0.15) is 18.2 Å². The maximum absolute atomic E-state index is 13.7. The van der Waals surface area contributed by atoms with Crippen molar-refractivity contribution in [2.75, 3.05) is 0 Å². The van der Waals surface area contributed by atoms with Crippen LogP contribution in [0.25, 0.3) is 11.4 Å². The summed E-state index contributed by atoms with van der Waals surface area (Å²) in [5.74, 6) is 0.245. The third kappa shape index (κ3) is 4.84. The van der Waals surface area contributed by atoms with Gasteiger partial charge in [0.05, 0.1) is 5.02 Å². The molecule has 0 saturated carbocycles. The Kier molecular flexibility index (Phi) is 6.08. The molecule has 1 heterocycles. The molecule has 3 aromatic rings. The molecule has 0 fully saturated rings. The summed E-state index contributed by atoms with van der Waals surface area (Å²) in [5, 5.41) is 7.83. The van der Waals surface area contributed by atoms with Gasteiger partial charge in [0.2, 0.25) is 5.91 Å². The van der Waals surface area contributed by atoms with Crippen LogP contribution < -0.4 is 5.32 Å². The minimum atomic E-state index is -0.539. The van der Waals surface area contributed by atoms with E-state index in [2.05, 4.69) is 15.4 Å². The molecular weight excluding hydrogens is 390 g/mol. The van der Waals surface area contributed by atoms with Crippen molar-refractivity contribution in [3.63, 3.8) is 0 Å². The van der Waals surface area contributed by atoms with Crippen LogP contribution in [-0.4, -0.2) is 20.7 Å². The van der Waals surface area contributed by atoms with E-state index in [9.17, 15) is 9.18 Å². The van der Waals surface area contributed by atoms with E-state index >= 15 is 0 Å². The fraction of sp³-hybridized carbons (Fsp3) is 0.211. The molecule has 140 valence electrons. The van der Waals surface area contributed by atoms with Crippen molar-refractivity contribution in [2.45, 2.75) is 26.4 Å². The summed E-state index contributed by atoms with van der Waals surface area (Å²) in [6.07, 6.45) is 0.588. The predicted octanol–water partition coefficient (Wildman–Crippen LogP) is 4.27. The van der Waals surface area contributed by atoms with E-state index in [1.54, 1.807) is 18.2 Å². The molecule has 0 aliphatic carbocycles. The zero-order valence-electron chi connectivity index (χ0n) is 14.5. The molecule has 27 heavy (non-hydrogen) atoms. The van der Waals surface area contributed by atoms with Gasteiger partial charge < -0.3 is 5.32 Å². The number of halogens is 3. The van der Waals surface area contributed by atoms with Crippen LogP contribution in [0, 0.1) is 5.82 Å². The minimum Gasteiger partial charge on any atom is -0.350 e. The lowest BCUT2D eigenvalue weighted by Gasteiger charge is -2.07. The first-order chi connectivity index (χ1) is 13.0. The molecule has 5 nitrogen and oxygen atoms in total. The molecule has 0 radical (unpaired) electrons. The Morgan fingerprint density at radius 1 is 1.22 bits per heavy atom. The third-order valence-electron chi connectivity index (χ3n) is 3.91. The summed E-state index contributed by atoms with van der Waals surface area (Å²) >= 11 is 11.7. The average Bonchev–Trinajstić information content (AvgIpc) is 3.05. The fourth-order valence-corrected chi connectivity index (χ4v) is 2.89. The molecule has 0 saturated heterocycles. The van der Waals surface area contributed by atoms with E-state index in [4.69, 9.17) is 23.2 Å². The lowest BCUT2D eigenvalue weighted by atomic mass is 10.2. The van der Waals surface area contributed by atoms with Crippen molar-refractivity contribution in [1.29, 1.82) is 0 Å². The molecule has 8 heteroatoms. The molecule has 2 aromatic carbocycles. The lowest BCUT2D eigenvalue weighted by molar-refractivity contribution is -0.122. The van der Waals surface area contributed by atoms with Gasteiger partial charge in [-0.1, -0.05) is 42.3 Å². The van der Waals surface area contributed by atoms with E-state index in [0.29, 0.717) is 35.2 Å². The molecule has 0 atom stereocenters. The highest BCUT2D eigenvalue weighted by Crippen LogP contribution is 2.22. The van der Waals surface area contributed by atoms with Crippen molar-refractivity contribution in [3.8, 4) is 11.4 Å². The van der Waals surface area contributed by atoms with Crippen LogP contribution in [0.2, 0.25) is 10.0 Å². The van der Waals surface area contributed by atoms with Crippen LogP contribution in [0.1, 0.15) is 18.3 Å². The Hall–Kier alpha value is -2.44. The molecule has 1 N–H and O–H groups in total. The summed E-state index contributed by atoms with van der Waals surface area (Å²) in [5.41, 5.74) is 1.41. The maximum atomic E-state index is 13.7. The zero-order valence-corrected chi connectivity index (χ0v) is 16.1. The lowest BCUT2D eigenvalue weighted by Crippen LogP contribution is -2.28. The van der Waals surface area contributed by atoms with Gasteiger partial charge in [0.25, 0.3) is 0 Å². The van der Waals surface area contributed by atoms with Gasteiger partial charge in [-0.25, -0.2) is 14.1 Å². The molecule has 0 bridgehead atoms. The summed E-state index contributed by atoms with van der Waals surface area (Å²) in [4.78, 5) is 16.7. The van der Waals surface area contributed by atoms with Crippen LogP contribution in [0.4, 0.5) is 4.39 Å². The molecule has 1 amide bonds. The van der Waals surface area contributed by atoms with Gasteiger partial charge in [-0.2, -0.15) is 5.10 Å². The standard InChI is InChI=1S/C19H17Cl2FN4O/c1-2-17-24-19(13-6-7-15(21)16(22)9-13)25-26(17)11-18(27)23-10-12-4-3-5-14(20)8-12/h3-9H,2,10-11H2,1H3,(H,23,27). The van der Waals surface area contributed by atoms with Crippen LogP contribution >= 0.6 is 23.2 Å².